The van der Waals surface area contributed by atoms with E-state index in [1.165, 1.54) is 0 Å². The van der Waals surface area contributed by atoms with Gasteiger partial charge in [0.2, 0.25) is 0 Å². The van der Waals surface area contributed by atoms with Crippen LogP contribution >= 0.6 is 0 Å². The lowest BCUT2D eigenvalue weighted by Crippen LogP contribution is -2.19. The monoisotopic (exact) mass is 266 g/mol. The number of aliphatic hydroxyl groups is 2. The van der Waals surface area contributed by atoms with Crippen molar-refractivity contribution < 1.29 is 19.7 Å². The van der Waals surface area contributed by atoms with Crippen molar-refractivity contribution in [3.8, 4) is 0 Å². The minimum absolute atomic E-state index is 0.00253. The number of ether oxygens (including phenoxy) is 1. The quantitative estimate of drug-likeness (QED) is 0.588. The summed E-state index contributed by atoms with van der Waals surface area (Å²) < 4.78 is 5.40. The van der Waals surface area contributed by atoms with Crippen LogP contribution in [-0.2, 0) is 9.53 Å². The molecule has 1 saturated heterocycles. The van der Waals surface area contributed by atoms with Crippen molar-refractivity contribution in [1.82, 2.24) is 0 Å². The second kappa shape index (κ2) is 6.35. The highest BCUT2D eigenvalue weighted by molar-refractivity contribution is 5.75. The lowest BCUT2D eigenvalue weighted by molar-refractivity contribution is -0.142. The van der Waals surface area contributed by atoms with Gasteiger partial charge >= 0.3 is 5.97 Å². The van der Waals surface area contributed by atoms with E-state index >= 15 is 0 Å². The van der Waals surface area contributed by atoms with E-state index in [1.807, 2.05) is 19.1 Å². The zero-order valence-corrected chi connectivity index (χ0v) is 11.3. The fraction of sp³-hybridized carbons (Fsp3) is 0.667. The fourth-order valence-corrected chi connectivity index (χ4v) is 2.87. The maximum atomic E-state index is 11.7. The molecule has 0 aromatic rings. The lowest BCUT2D eigenvalue weighted by atomic mass is 9.84. The highest BCUT2D eigenvalue weighted by Crippen LogP contribution is 2.35. The third-order valence-corrected chi connectivity index (χ3v) is 4.19. The molecular formula is C15H22O4. The Morgan fingerprint density at radius 3 is 2.68 bits per heavy atom. The van der Waals surface area contributed by atoms with E-state index in [0.29, 0.717) is 0 Å². The van der Waals surface area contributed by atoms with Gasteiger partial charge in [0.1, 0.15) is 6.10 Å². The molecule has 0 aromatic heterocycles. The number of allylic oxidation sites excluding steroid dienone is 1. The fourth-order valence-electron chi connectivity index (χ4n) is 2.87. The molecule has 1 aliphatic heterocycles. The Balaban J connectivity index is 2.22. The zero-order valence-electron chi connectivity index (χ0n) is 11.3. The van der Waals surface area contributed by atoms with Gasteiger partial charge in [-0.1, -0.05) is 13.0 Å². The third kappa shape index (κ3) is 3.25. The molecule has 0 aromatic carbocycles. The average molecular weight is 266 g/mol. The van der Waals surface area contributed by atoms with Crippen LogP contribution in [0.4, 0.5) is 0 Å². The number of carbonyl (C=O) groups excluding carboxylic acids is 1. The molecule has 0 spiro atoms. The Kier molecular flexibility index (Phi) is 4.77. The predicted molar refractivity (Wildman–Crippen MR) is 71.3 cm³/mol. The van der Waals surface area contributed by atoms with Gasteiger partial charge in [0.05, 0.1) is 19.1 Å². The number of rotatable bonds is 2. The van der Waals surface area contributed by atoms with Crippen molar-refractivity contribution in [2.75, 3.05) is 13.2 Å². The molecule has 106 valence electrons. The molecule has 0 radical (unpaired) electrons. The Labute approximate surface area is 113 Å². The van der Waals surface area contributed by atoms with E-state index in [1.54, 1.807) is 0 Å². The summed E-state index contributed by atoms with van der Waals surface area (Å²) in [4.78, 5) is 11.7. The molecule has 19 heavy (non-hydrogen) atoms. The summed E-state index contributed by atoms with van der Waals surface area (Å²) in [5, 5.41) is 18.7. The van der Waals surface area contributed by atoms with Crippen LogP contribution in [0.5, 0.6) is 0 Å². The summed E-state index contributed by atoms with van der Waals surface area (Å²) in [5.74, 6) is -0.125. The van der Waals surface area contributed by atoms with E-state index in [4.69, 9.17) is 4.74 Å². The largest absolute Gasteiger partial charge is 0.458 e. The van der Waals surface area contributed by atoms with E-state index < -0.39 is 0 Å². The molecule has 4 heteroatoms. The predicted octanol–water partition coefficient (Wildman–Crippen LogP) is 1.58. The van der Waals surface area contributed by atoms with Crippen LogP contribution in [0.25, 0.3) is 0 Å². The summed E-state index contributed by atoms with van der Waals surface area (Å²) in [5.41, 5.74) is 1.93. The number of esters is 1. The van der Waals surface area contributed by atoms with Crippen molar-refractivity contribution in [3.05, 3.63) is 23.3 Å². The van der Waals surface area contributed by atoms with E-state index in [9.17, 15) is 15.0 Å². The van der Waals surface area contributed by atoms with Gasteiger partial charge in [-0.25, -0.2) is 0 Å². The number of hydrogen-bond donors (Lipinski definition) is 2. The van der Waals surface area contributed by atoms with Crippen LogP contribution in [0.3, 0.4) is 0 Å². The molecule has 1 heterocycles. The summed E-state index contributed by atoms with van der Waals surface area (Å²) in [7, 11) is 0. The second-order valence-electron chi connectivity index (χ2n) is 5.43. The Hall–Kier alpha value is -1.13. The first-order valence-corrected chi connectivity index (χ1v) is 6.95. The van der Waals surface area contributed by atoms with Crippen molar-refractivity contribution in [2.24, 2.45) is 11.8 Å². The third-order valence-electron chi connectivity index (χ3n) is 4.19. The van der Waals surface area contributed by atoms with Crippen molar-refractivity contribution in [3.63, 3.8) is 0 Å². The summed E-state index contributed by atoms with van der Waals surface area (Å²) >= 11 is 0. The van der Waals surface area contributed by atoms with E-state index in [2.05, 4.69) is 0 Å². The molecule has 2 N–H and O–H groups in total. The van der Waals surface area contributed by atoms with Gasteiger partial charge in [0, 0.05) is 5.92 Å². The van der Waals surface area contributed by atoms with Gasteiger partial charge in [0.15, 0.2) is 0 Å². The van der Waals surface area contributed by atoms with Gasteiger partial charge in [-0.2, -0.15) is 0 Å². The van der Waals surface area contributed by atoms with Crippen LogP contribution in [0.1, 0.15) is 32.6 Å². The molecule has 4 nitrogen and oxygen atoms in total. The van der Waals surface area contributed by atoms with E-state index in [0.717, 1.165) is 36.8 Å². The molecular weight excluding hydrogens is 244 g/mol. The Morgan fingerprint density at radius 2 is 2.00 bits per heavy atom. The number of carbonyl (C=O) groups is 1. The van der Waals surface area contributed by atoms with Crippen LogP contribution < -0.4 is 0 Å². The normalized spacial score (nSPS) is 37.6. The SMILES string of the molecule is C[C@@H]1C(=O)O[C@H]2/C=C(\CO)CC/C=C(/CO)CC[C@@H]21. The van der Waals surface area contributed by atoms with Crippen LogP contribution in [0.2, 0.25) is 0 Å². The lowest BCUT2D eigenvalue weighted by Gasteiger charge is -2.19. The average Bonchev–Trinajstić information content (AvgIpc) is 2.68. The Bertz CT molecular complexity index is 397. The minimum Gasteiger partial charge on any atom is -0.458 e. The minimum atomic E-state index is -0.220. The summed E-state index contributed by atoms with van der Waals surface area (Å²) in [6, 6.07) is 0. The van der Waals surface area contributed by atoms with Crippen molar-refractivity contribution in [1.29, 1.82) is 0 Å². The van der Waals surface area contributed by atoms with Crippen LogP contribution in [-0.4, -0.2) is 35.5 Å². The van der Waals surface area contributed by atoms with Gasteiger partial charge in [-0.05, 0) is 42.9 Å². The summed E-state index contributed by atoms with van der Waals surface area (Å²) in [6.07, 6.45) is 6.94. The number of fused-ring (bicyclic) bond motifs is 1. The molecule has 1 fully saturated rings. The van der Waals surface area contributed by atoms with E-state index in [-0.39, 0.29) is 37.1 Å². The number of aliphatic hydroxyl groups excluding tert-OH is 2. The first-order valence-electron chi connectivity index (χ1n) is 6.95. The molecule has 1 aliphatic carbocycles. The zero-order chi connectivity index (χ0) is 13.8. The van der Waals surface area contributed by atoms with Crippen molar-refractivity contribution in [2.45, 2.75) is 38.7 Å². The highest BCUT2D eigenvalue weighted by atomic mass is 16.6. The number of hydrogen-bond acceptors (Lipinski definition) is 4. The first-order chi connectivity index (χ1) is 9.15. The van der Waals surface area contributed by atoms with Crippen molar-refractivity contribution >= 4 is 5.97 Å². The topological polar surface area (TPSA) is 66.8 Å². The summed E-state index contributed by atoms with van der Waals surface area (Å²) in [6.45, 7) is 1.96. The maximum absolute atomic E-state index is 11.7. The van der Waals surface area contributed by atoms with Gasteiger partial charge < -0.3 is 14.9 Å². The van der Waals surface area contributed by atoms with Gasteiger partial charge in [-0.3, -0.25) is 4.79 Å². The first kappa shape index (κ1) is 14.3. The molecule has 0 amide bonds. The Morgan fingerprint density at radius 1 is 1.26 bits per heavy atom. The van der Waals surface area contributed by atoms with Crippen LogP contribution in [0, 0.1) is 11.8 Å². The molecule has 2 rings (SSSR count). The van der Waals surface area contributed by atoms with Gasteiger partial charge in [-0.15, -0.1) is 0 Å². The maximum Gasteiger partial charge on any atom is 0.309 e. The van der Waals surface area contributed by atoms with Crippen LogP contribution in [0.15, 0.2) is 23.3 Å². The molecule has 0 unspecified atom stereocenters. The molecule has 0 saturated carbocycles. The second-order valence-corrected chi connectivity index (χ2v) is 5.43. The molecule has 2 aliphatic rings. The molecule has 3 atom stereocenters. The smallest absolute Gasteiger partial charge is 0.309 e. The standard InChI is InChI=1S/C15H22O4/c1-10-13-6-5-11(8-16)3-2-4-12(9-17)7-14(13)19-15(10)18/h3,7,10,13-14,16-17H,2,4-6,8-9H2,1H3/b11-3+,12-7-/t10-,13+,14-/m0/s1. The van der Waals surface area contributed by atoms with Gasteiger partial charge in [0.25, 0.3) is 0 Å². The highest BCUT2D eigenvalue weighted by Gasteiger charge is 2.40. The molecule has 0 bridgehead atoms.